The molecule has 3 aromatic rings. The largest absolute Gasteiger partial charge is 0.497 e. The second-order valence-corrected chi connectivity index (χ2v) is 10.5. The summed E-state index contributed by atoms with van der Waals surface area (Å²) in [6.45, 7) is 0.575. The van der Waals surface area contributed by atoms with E-state index in [1.807, 2.05) is 24.3 Å². The molecule has 1 fully saturated rings. The van der Waals surface area contributed by atoms with Crippen molar-refractivity contribution in [1.82, 2.24) is 19.9 Å². The summed E-state index contributed by atoms with van der Waals surface area (Å²) in [5.41, 5.74) is 1.87. The fraction of sp³-hybridized carbons (Fsp3) is 0.433. The van der Waals surface area contributed by atoms with Crippen LogP contribution in [0.3, 0.4) is 0 Å². The first-order chi connectivity index (χ1) is 20.3. The van der Waals surface area contributed by atoms with Gasteiger partial charge in [0, 0.05) is 33.1 Å². The number of aliphatic carboxylic acids is 1. The zero-order chi connectivity index (χ0) is 29.9. The molecular weight excluding hydrogens is 538 g/mol. The molecule has 2 aromatic carbocycles. The highest BCUT2D eigenvalue weighted by molar-refractivity contribution is 5.77. The average molecular weight is 578 g/mol. The maximum Gasteiger partial charge on any atom is 0.414 e. The van der Waals surface area contributed by atoms with Crippen LogP contribution in [-0.4, -0.2) is 76.9 Å². The van der Waals surface area contributed by atoms with Crippen LogP contribution in [-0.2, 0) is 17.6 Å². The number of aromatic nitrogens is 3. The second-order valence-electron chi connectivity index (χ2n) is 10.5. The lowest BCUT2D eigenvalue weighted by Crippen LogP contribution is -2.33. The number of benzene rings is 2. The lowest BCUT2D eigenvalue weighted by atomic mass is 9.96. The first kappa shape index (κ1) is 30.4. The molecule has 0 unspecified atom stereocenters. The summed E-state index contributed by atoms with van der Waals surface area (Å²) in [4.78, 5) is 38.9. The molecule has 12 heteroatoms. The van der Waals surface area contributed by atoms with Crippen molar-refractivity contribution in [2.45, 2.75) is 57.0 Å². The minimum atomic E-state index is -1.05. The number of hydrogen-bond donors (Lipinski definition) is 4. The Balaban J connectivity index is 1.46. The lowest BCUT2D eigenvalue weighted by molar-refractivity contribution is -0.137. The number of carbonyl (C=O) groups excluding carboxylic acids is 1. The molecule has 0 saturated heterocycles. The van der Waals surface area contributed by atoms with E-state index in [4.69, 9.17) is 9.47 Å². The van der Waals surface area contributed by atoms with E-state index in [0.29, 0.717) is 24.2 Å². The normalized spacial score (nSPS) is 14.0. The third-order valence-corrected chi connectivity index (χ3v) is 6.96. The summed E-state index contributed by atoms with van der Waals surface area (Å²) in [5, 5.41) is 19.6. The van der Waals surface area contributed by atoms with E-state index in [0.717, 1.165) is 49.0 Å². The standard InChI is InChI=1S/C30H39N7O5/c1-37(2)30(40)42-24-15-11-21(12-16-24)19-25(26(38)39)33-29-35-27(31-18-17-20-9-13-23(41-3)14-10-20)34-28(36-29)32-22-7-5-4-6-8-22/h9-16,22,25H,4-8,17-19H2,1-3H3,(H,38,39)(H3,31,32,33,34,35,36)/t25-/m0/s1. The lowest BCUT2D eigenvalue weighted by Gasteiger charge is -2.23. The topological polar surface area (TPSA) is 151 Å². The maximum absolute atomic E-state index is 12.2. The van der Waals surface area contributed by atoms with Gasteiger partial charge in [0.05, 0.1) is 7.11 Å². The van der Waals surface area contributed by atoms with Crippen molar-refractivity contribution in [1.29, 1.82) is 0 Å². The second kappa shape index (κ2) is 14.9. The number of methoxy groups -OCH3 is 1. The van der Waals surface area contributed by atoms with Gasteiger partial charge >= 0.3 is 12.1 Å². The highest BCUT2D eigenvalue weighted by Gasteiger charge is 2.21. The molecule has 4 N–H and O–H groups in total. The quantitative estimate of drug-likeness (QED) is 0.228. The average Bonchev–Trinajstić information content (AvgIpc) is 2.98. The fourth-order valence-corrected chi connectivity index (χ4v) is 4.60. The van der Waals surface area contributed by atoms with E-state index in [1.165, 1.54) is 11.3 Å². The minimum absolute atomic E-state index is 0.161. The number of carboxylic acids is 1. The molecule has 0 aliphatic heterocycles. The molecule has 1 aliphatic rings. The van der Waals surface area contributed by atoms with Crippen LogP contribution in [0.1, 0.15) is 43.2 Å². The SMILES string of the molecule is COc1ccc(CCNc2nc(NC3CCCCC3)nc(N[C@@H](Cc3ccc(OC(=O)N(C)C)cc3)C(=O)O)n2)cc1. The number of nitrogens with one attached hydrogen (secondary N) is 3. The van der Waals surface area contributed by atoms with Crippen LogP contribution in [0, 0.1) is 0 Å². The number of amides is 1. The molecule has 1 heterocycles. The fourth-order valence-electron chi connectivity index (χ4n) is 4.60. The van der Waals surface area contributed by atoms with Crippen molar-refractivity contribution in [3.8, 4) is 11.5 Å². The number of carbonyl (C=O) groups is 2. The van der Waals surface area contributed by atoms with Crippen molar-refractivity contribution < 1.29 is 24.2 Å². The molecule has 1 aliphatic carbocycles. The van der Waals surface area contributed by atoms with Gasteiger partial charge in [-0.1, -0.05) is 43.5 Å². The summed E-state index contributed by atoms with van der Waals surface area (Å²) in [7, 11) is 4.83. The van der Waals surface area contributed by atoms with Gasteiger partial charge in [-0.05, 0) is 54.7 Å². The zero-order valence-corrected chi connectivity index (χ0v) is 24.3. The number of ether oxygens (including phenoxy) is 2. The molecule has 1 atom stereocenters. The van der Waals surface area contributed by atoms with Gasteiger partial charge < -0.3 is 35.4 Å². The number of hydrogen-bond acceptors (Lipinski definition) is 10. The van der Waals surface area contributed by atoms with Gasteiger partial charge in [0.25, 0.3) is 0 Å². The number of anilines is 3. The molecule has 224 valence electrons. The summed E-state index contributed by atoms with van der Waals surface area (Å²) in [6, 6.07) is 13.8. The molecule has 0 bridgehead atoms. The first-order valence-electron chi connectivity index (χ1n) is 14.2. The highest BCUT2D eigenvalue weighted by atomic mass is 16.6. The maximum atomic E-state index is 12.2. The Kier molecular flexibility index (Phi) is 10.7. The Morgan fingerprint density at radius 2 is 1.52 bits per heavy atom. The molecule has 42 heavy (non-hydrogen) atoms. The van der Waals surface area contributed by atoms with Crippen molar-refractivity contribution in [3.63, 3.8) is 0 Å². The van der Waals surface area contributed by atoms with E-state index in [2.05, 4.69) is 30.9 Å². The van der Waals surface area contributed by atoms with Crippen molar-refractivity contribution in [2.75, 3.05) is 43.7 Å². The van der Waals surface area contributed by atoms with Crippen LogP contribution in [0.5, 0.6) is 11.5 Å². The molecule has 0 spiro atoms. The molecule has 0 radical (unpaired) electrons. The number of rotatable bonds is 13. The smallest absolute Gasteiger partial charge is 0.414 e. The zero-order valence-electron chi connectivity index (χ0n) is 24.3. The summed E-state index contributed by atoms with van der Waals surface area (Å²) in [5.74, 6) is 1.06. The van der Waals surface area contributed by atoms with E-state index < -0.39 is 18.1 Å². The van der Waals surface area contributed by atoms with E-state index >= 15 is 0 Å². The van der Waals surface area contributed by atoms with Gasteiger partial charge in [-0.15, -0.1) is 0 Å². The monoisotopic (exact) mass is 577 g/mol. The summed E-state index contributed by atoms with van der Waals surface area (Å²) in [6.07, 6.45) is 5.99. The van der Waals surface area contributed by atoms with E-state index in [9.17, 15) is 14.7 Å². The Morgan fingerprint density at radius 1 is 0.905 bits per heavy atom. The van der Waals surface area contributed by atoms with E-state index in [1.54, 1.807) is 45.5 Å². The molecule has 1 amide bonds. The Bertz CT molecular complexity index is 1310. The summed E-state index contributed by atoms with van der Waals surface area (Å²) < 4.78 is 10.5. The first-order valence-corrected chi connectivity index (χ1v) is 14.2. The number of nitrogens with zero attached hydrogens (tertiary/aromatic N) is 4. The van der Waals surface area contributed by atoms with Gasteiger partial charge in [0.1, 0.15) is 17.5 Å². The van der Waals surface area contributed by atoms with Gasteiger partial charge in [-0.3, -0.25) is 0 Å². The molecule has 1 saturated carbocycles. The third kappa shape index (κ3) is 9.22. The van der Waals surface area contributed by atoms with E-state index in [-0.39, 0.29) is 18.4 Å². The Hall–Kier alpha value is -4.61. The van der Waals surface area contributed by atoms with Gasteiger partial charge in [0.2, 0.25) is 17.8 Å². The van der Waals surface area contributed by atoms with Crippen LogP contribution in [0.2, 0.25) is 0 Å². The van der Waals surface area contributed by atoms with Crippen LogP contribution in [0.25, 0.3) is 0 Å². The number of carboxylic acid groups (broad SMARTS) is 1. The Morgan fingerprint density at radius 3 is 2.17 bits per heavy atom. The predicted molar refractivity (Wildman–Crippen MR) is 160 cm³/mol. The van der Waals surface area contributed by atoms with Gasteiger partial charge in [0.15, 0.2) is 0 Å². The molecule has 12 nitrogen and oxygen atoms in total. The minimum Gasteiger partial charge on any atom is -0.497 e. The Labute approximate surface area is 245 Å². The highest BCUT2D eigenvalue weighted by Crippen LogP contribution is 2.22. The van der Waals surface area contributed by atoms with Crippen molar-refractivity contribution in [2.24, 2.45) is 0 Å². The molecular formula is C30H39N7O5. The van der Waals surface area contributed by atoms with Crippen LogP contribution in [0.15, 0.2) is 48.5 Å². The van der Waals surface area contributed by atoms with Crippen molar-refractivity contribution >= 4 is 29.9 Å². The van der Waals surface area contributed by atoms with Crippen LogP contribution >= 0.6 is 0 Å². The van der Waals surface area contributed by atoms with Gasteiger partial charge in [-0.2, -0.15) is 15.0 Å². The summed E-state index contributed by atoms with van der Waals surface area (Å²) >= 11 is 0. The third-order valence-electron chi connectivity index (χ3n) is 6.96. The van der Waals surface area contributed by atoms with Crippen molar-refractivity contribution in [3.05, 3.63) is 59.7 Å². The van der Waals surface area contributed by atoms with Crippen LogP contribution < -0.4 is 25.4 Å². The molecule has 1 aromatic heterocycles. The predicted octanol–water partition coefficient (Wildman–Crippen LogP) is 4.45. The molecule has 4 rings (SSSR count). The van der Waals surface area contributed by atoms with Crippen LogP contribution in [0.4, 0.5) is 22.6 Å². The van der Waals surface area contributed by atoms with Gasteiger partial charge in [-0.25, -0.2) is 9.59 Å².